The van der Waals surface area contributed by atoms with Crippen molar-refractivity contribution in [3.63, 3.8) is 0 Å². The molecule has 0 saturated heterocycles. The molecule has 3 rings (SSSR count). The third-order valence-electron chi connectivity index (χ3n) is 6.53. The molecule has 3 aromatic rings. The molecule has 3 aromatic carbocycles. The molecule has 0 spiro atoms. The molecule has 0 heterocycles. The van der Waals surface area contributed by atoms with E-state index in [-0.39, 0.29) is 29.7 Å². The molecule has 0 aliphatic rings. The number of nitrogens with one attached hydrogen (secondary N) is 1. The lowest BCUT2D eigenvalue weighted by atomic mass is 10.0. The number of rotatable bonds is 13. The zero-order valence-corrected chi connectivity index (χ0v) is 24.6. The van der Waals surface area contributed by atoms with Crippen molar-refractivity contribution >= 4 is 21.8 Å². The van der Waals surface area contributed by atoms with Gasteiger partial charge in [0.2, 0.25) is 21.8 Å². The quantitative estimate of drug-likeness (QED) is 0.338. The number of methoxy groups -OCH3 is 1. The third-order valence-corrected chi connectivity index (χ3v) is 8.35. The SMILES string of the molecule is COc1cccc(CN(C(=O)CN(C)S(=O)(=O)c2ccc(C)cc2)[C@@H](Cc2ccccc2)C(=O)NCC(C)C)c1. The van der Waals surface area contributed by atoms with Gasteiger partial charge in [-0.3, -0.25) is 9.59 Å². The summed E-state index contributed by atoms with van der Waals surface area (Å²) in [5.74, 6) is 0.0574. The minimum Gasteiger partial charge on any atom is -0.497 e. The molecule has 8 nitrogen and oxygen atoms in total. The van der Waals surface area contributed by atoms with Crippen LogP contribution in [0.2, 0.25) is 0 Å². The summed E-state index contributed by atoms with van der Waals surface area (Å²) in [4.78, 5) is 29.1. The number of aryl methyl sites for hydroxylation is 1. The average molecular weight is 566 g/mol. The zero-order chi connectivity index (χ0) is 29.3. The van der Waals surface area contributed by atoms with Crippen LogP contribution in [-0.2, 0) is 32.6 Å². The van der Waals surface area contributed by atoms with Crippen LogP contribution in [0.4, 0.5) is 0 Å². The van der Waals surface area contributed by atoms with Gasteiger partial charge in [0.15, 0.2) is 0 Å². The molecule has 0 bridgehead atoms. The minimum atomic E-state index is -3.93. The van der Waals surface area contributed by atoms with Gasteiger partial charge in [0.25, 0.3) is 0 Å². The second-order valence-corrected chi connectivity index (χ2v) is 12.3. The molecule has 0 aliphatic heterocycles. The number of hydrogen-bond donors (Lipinski definition) is 1. The highest BCUT2D eigenvalue weighted by atomic mass is 32.2. The van der Waals surface area contributed by atoms with Gasteiger partial charge in [-0.05, 0) is 48.2 Å². The second kappa shape index (κ2) is 14.1. The van der Waals surface area contributed by atoms with Gasteiger partial charge in [-0.2, -0.15) is 4.31 Å². The number of ether oxygens (including phenoxy) is 1. The van der Waals surface area contributed by atoms with E-state index in [1.807, 2.05) is 63.2 Å². The molecule has 2 amide bonds. The maximum atomic E-state index is 13.9. The summed E-state index contributed by atoms with van der Waals surface area (Å²) in [6.45, 7) is 5.99. The Morgan fingerprint density at radius 3 is 2.20 bits per heavy atom. The summed E-state index contributed by atoms with van der Waals surface area (Å²) >= 11 is 0. The number of carbonyl (C=O) groups excluding carboxylic acids is 2. The van der Waals surface area contributed by atoms with Crippen LogP contribution >= 0.6 is 0 Å². The number of amides is 2. The highest BCUT2D eigenvalue weighted by Crippen LogP contribution is 2.20. The lowest BCUT2D eigenvalue weighted by molar-refractivity contribution is -0.141. The largest absolute Gasteiger partial charge is 0.497 e. The summed E-state index contributed by atoms with van der Waals surface area (Å²) in [7, 11) is -0.992. The minimum absolute atomic E-state index is 0.0983. The van der Waals surface area contributed by atoms with Crippen LogP contribution in [0.1, 0.15) is 30.5 Å². The van der Waals surface area contributed by atoms with E-state index in [4.69, 9.17) is 4.74 Å². The maximum Gasteiger partial charge on any atom is 0.243 e. The Kier molecular flexibility index (Phi) is 10.9. The lowest BCUT2D eigenvalue weighted by Crippen LogP contribution is -2.53. The first-order valence-electron chi connectivity index (χ1n) is 13.3. The molecule has 0 radical (unpaired) electrons. The van der Waals surface area contributed by atoms with Gasteiger partial charge in [0, 0.05) is 26.6 Å². The molecule has 9 heteroatoms. The van der Waals surface area contributed by atoms with Gasteiger partial charge in [-0.25, -0.2) is 8.42 Å². The predicted octanol–water partition coefficient (Wildman–Crippen LogP) is 4.04. The summed E-state index contributed by atoms with van der Waals surface area (Å²) in [5, 5.41) is 2.97. The van der Waals surface area contributed by atoms with Gasteiger partial charge in [-0.1, -0.05) is 74.0 Å². The van der Waals surface area contributed by atoms with Gasteiger partial charge < -0.3 is 15.0 Å². The normalized spacial score (nSPS) is 12.3. The van der Waals surface area contributed by atoms with Crippen molar-refractivity contribution in [2.24, 2.45) is 5.92 Å². The van der Waals surface area contributed by atoms with E-state index < -0.39 is 28.5 Å². The van der Waals surface area contributed by atoms with Crippen molar-refractivity contribution in [2.75, 3.05) is 27.2 Å². The topological polar surface area (TPSA) is 96.0 Å². The van der Waals surface area contributed by atoms with Crippen molar-refractivity contribution < 1.29 is 22.7 Å². The lowest BCUT2D eigenvalue weighted by Gasteiger charge is -2.33. The number of carbonyl (C=O) groups is 2. The van der Waals surface area contributed by atoms with E-state index >= 15 is 0 Å². The van der Waals surface area contributed by atoms with Gasteiger partial charge in [0.1, 0.15) is 11.8 Å². The summed E-state index contributed by atoms with van der Waals surface area (Å²) in [5.41, 5.74) is 2.57. The van der Waals surface area contributed by atoms with Crippen LogP contribution < -0.4 is 10.1 Å². The average Bonchev–Trinajstić information content (AvgIpc) is 2.94. The molecule has 40 heavy (non-hydrogen) atoms. The van der Waals surface area contributed by atoms with Crippen molar-refractivity contribution in [2.45, 2.75) is 44.7 Å². The standard InChI is InChI=1S/C31H39N3O5S/c1-23(2)20-32-31(36)29(19-25-10-7-6-8-11-25)34(21-26-12-9-13-27(18-26)39-5)30(35)22-33(4)40(37,38)28-16-14-24(3)15-17-28/h6-18,23,29H,19-22H2,1-5H3,(H,32,36)/t29-/m0/s1. The first-order valence-corrected chi connectivity index (χ1v) is 14.7. The Morgan fingerprint density at radius 2 is 1.57 bits per heavy atom. The first kappa shape index (κ1) is 30.8. The van der Waals surface area contributed by atoms with E-state index in [0.29, 0.717) is 12.3 Å². The molecular formula is C31H39N3O5S. The van der Waals surface area contributed by atoms with Crippen LogP contribution in [0.25, 0.3) is 0 Å². The number of likely N-dealkylation sites (N-methyl/N-ethyl adjacent to an activating group) is 1. The highest BCUT2D eigenvalue weighted by Gasteiger charge is 2.33. The maximum absolute atomic E-state index is 13.9. The van der Waals surface area contributed by atoms with Gasteiger partial charge in [-0.15, -0.1) is 0 Å². The number of nitrogens with zero attached hydrogens (tertiary/aromatic N) is 2. The number of benzene rings is 3. The van der Waals surface area contributed by atoms with Crippen LogP contribution in [-0.4, -0.2) is 62.7 Å². The van der Waals surface area contributed by atoms with E-state index in [1.54, 1.807) is 31.4 Å². The smallest absolute Gasteiger partial charge is 0.243 e. The van der Waals surface area contributed by atoms with Crippen LogP contribution in [0.5, 0.6) is 5.75 Å². The van der Waals surface area contributed by atoms with E-state index in [2.05, 4.69) is 5.32 Å². The number of sulfonamides is 1. The molecule has 0 saturated carbocycles. The predicted molar refractivity (Wildman–Crippen MR) is 156 cm³/mol. The highest BCUT2D eigenvalue weighted by molar-refractivity contribution is 7.89. The molecule has 0 aliphatic carbocycles. The van der Waals surface area contributed by atoms with Gasteiger partial charge >= 0.3 is 0 Å². The Balaban J connectivity index is 1.98. The van der Waals surface area contributed by atoms with E-state index in [9.17, 15) is 18.0 Å². The Hall–Kier alpha value is -3.69. The monoisotopic (exact) mass is 565 g/mol. The Labute approximate surface area is 238 Å². The fourth-order valence-corrected chi connectivity index (χ4v) is 5.32. The van der Waals surface area contributed by atoms with Crippen LogP contribution in [0.15, 0.2) is 83.8 Å². The van der Waals surface area contributed by atoms with E-state index in [1.165, 1.54) is 24.1 Å². The van der Waals surface area contributed by atoms with Crippen molar-refractivity contribution in [3.05, 3.63) is 95.6 Å². The summed E-state index contributed by atoms with van der Waals surface area (Å²) < 4.78 is 32.9. The van der Waals surface area contributed by atoms with Crippen molar-refractivity contribution in [3.8, 4) is 5.75 Å². The fraction of sp³-hybridized carbons (Fsp3) is 0.355. The second-order valence-electron chi connectivity index (χ2n) is 10.3. The fourth-order valence-electron chi connectivity index (χ4n) is 4.20. The molecule has 1 atom stereocenters. The molecule has 0 fully saturated rings. The zero-order valence-electron chi connectivity index (χ0n) is 23.8. The van der Waals surface area contributed by atoms with Crippen LogP contribution in [0, 0.1) is 12.8 Å². The molecule has 0 aromatic heterocycles. The summed E-state index contributed by atoms with van der Waals surface area (Å²) in [6.07, 6.45) is 0.273. The van der Waals surface area contributed by atoms with Crippen molar-refractivity contribution in [1.82, 2.24) is 14.5 Å². The van der Waals surface area contributed by atoms with Crippen molar-refractivity contribution in [1.29, 1.82) is 0 Å². The van der Waals surface area contributed by atoms with Gasteiger partial charge in [0.05, 0.1) is 18.6 Å². The molecule has 1 N–H and O–H groups in total. The van der Waals surface area contributed by atoms with Crippen LogP contribution in [0.3, 0.4) is 0 Å². The Bertz CT molecular complexity index is 1380. The molecular weight excluding hydrogens is 526 g/mol. The third kappa shape index (κ3) is 8.40. The molecule has 0 unspecified atom stereocenters. The first-order chi connectivity index (χ1) is 19.0. The van der Waals surface area contributed by atoms with E-state index in [0.717, 1.165) is 21.0 Å². The summed E-state index contributed by atoms with van der Waals surface area (Å²) in [6, 6.07) is 22.4. The Morgan fingerprint density at radius 1 is 0.925 bits per heavy atom. The molecule has 214 valence electrons. The number of hydrogen-bond acceptors (Lipinski definition) is 5.